The van der Waals surface area contributed by atoms with Crippen LogP contribution in [0.5, 0.6) is 0 Å². The summed E-state index contributed by atoms with van der Waals surface area (Å²) in [4.78, 5) is 0. The zero-order chi connectivity index (χ0) is 18.9. The van der Waals surface area contributed by atoms with E-state index in [-0.39, 0.29) is 12.5 Å². The van der Waals surface area contributed by atoms with E-state index in [2.05, 4.69) is 0 Å². The smallest absolute Gasteiger partial charge is 0.186 e. The van der Waals surface area contributed by atoms with Crippen LogP contribution in [-0.2, 0) is 14.2 Å². The summed E-state index contributed by atoms with van der Waals surface area (Å²) in [5.41, 5.74) is 0. The second kappa shape index (κ2) is 8.53. The van der Waals surface area contributed by atoms with Crippen molar-refractivity contribution >= 4 is 0 Å². The molecule has 2 aliphatic heterocycles. The Hall–Kier alpha value is -0.400. The van der Waals surface area contributed by atoms with Crippen molar-refractivity contribution in [1.29, 1.82) is 0 Å². The molecule has 0 spiro atoms. The lowest BCUT2D eigenvalue weighted by atomic mass is 9.89. The van der Waals surface area contributed by atoms with Gasteiger partial charge in [-0.25, -0.2) is 0 Å². The van der Waals surface area contributed by atoms with Gasteiger partial charge in [-0.15, -0.1) is 0 Å². The Morgan fingerprint density at radius 1 is 0.760 bits per heavy atom. The monoisotopic (exact) mass is 368 g/mol. The van der Waals surface area contributed by atoms with Crippen LogP contribution in [-0.4, -0.2) is 110 Å². The van der Waals surface area contributed by atoms with Crippen LogP contribution in [0.2, 0.25) is 0 Å². The normalized spacial score (nSPS) is 48.7. The topological polar surface area (TPSA) is 169 Å². The molecular formula is C15H28O10. The minimum absolute atomic E-state index is 0.132. The highest BCUT2D eigenvalue weighted by molar-refractivity contribution is 4.94. The second-order valence-electron chi connectivity index (χ2n) is 6.89. The van der Waals surface area contributed by atoms with Gasteiger partial charge < -0.3 is 50.0 Å². The summed E-state index contributed by atoms with van der Waals surface area (Å²) in [5.74, 6) is -0.132. The van der Waals surface area contributed by atoms with Gasteiger partial charge in [-0.1, -0.05) is 13.8 Å². The van der Waals surface area contributed by atoms with Gasteiger partial charge in [-0.05, 0) is 5.92 Å². The van der Waals surface area contributed by atoms with E-state index < -0.39 is 67.8 Å². The van der Waals surface area contributed by atoms with Crippen LogP contribution in [0.25, 0.3) is 0 Å². The molecule has 2 heterocycles. The lowest BCUT2D eigenvalue weighted by Crippen LogP contribution is -2.62. The third-order valence-corrected chi connectivity index (χ3v) is 4.68. The Morgan fingerprint density at radius 3 is 1.88 bits per heavy atom. The van der Waals surface area contributed by atoms with E-state index >= 15 is 0 Å². The molecule has 2 rings (SSSR count). The van der Waals surface area contributed by atoms with Gasteiger partial charge in [-0.3, -0.25) is 0 Å². The summed E-state index contributed by atoms with van der Waals surface area (Å²) in [5, 5.41) is 68.5. The van der Waals surface area contributed by atoms with Gasteiger partial charge in [0.05, 0.1) is 19.3 Å². The van der Waals surface area contributed by atoms with E-state index in [1.54, 1.807) is 13.8 Å². The van der Waals surface area contributed by atoms with E-state index in [4.69, 9.17) is 19.3 Å². The van der Waals surface area contributed by atoms with Gasteiger partial charge in [0.25, 0.3) is 0 Å². The molecule has 10 nitrogen and oxygen atoms in total. The lowest BCUT2D eigenvalue weighted by molar-refractivity contribution is -0.315. The molecular weight excluding hydrogens is 340 g/mol. The minimum atomic E-state index is -1.58. The van der Waals surface area contributed by atoms with Crippen molar-refractivity contribution in [2.24, 2.45) is 5.92 Å². The fraction of sp³-hybridized carbons (Fsp3) is 1.00. The molecule has 7 N–H and O–H groups in total. The van der Waals surface area contributed by atoms with Crippen molar-refractivity contribution in [1.82, 2.24) is 0 Å². The zero-order valence-corrected chi connectivity index (χ0v) is 14.1. The quantitative estimate of drug-likeness (QED) is 0.256. The molecule has 4 unspecified atom stereocenters. The summed E-state index contributed by atoms with van der Waals surface area (Å²) in [6.45, 7) is 2.67. The highest BCUT2D eigenvalue weighted by Gasteiger charge is 2.47. The first kappa shape index (κ1) is 20.9. The Balaban J connectivity index is 1.99. The number of hydrogen-bond donors (Lipinski definition) is 7. The van der Waals surface area contributed by atoms with Gasteiger partial charge >= 0.3 is 0 Å². The Kier molecular flexibility index (Phi) is 7.13. The summed E-state index contributed by atoms with van der Waals surface area (Å²) in [6, 6.07) is 0. The van der Waals surface area contributed by atoms with Crippen molar-refractivity contribution in [2.75, 3.05) is 13.2 Å². The Bertz CT molecular complexity index is 419. The number of ether oxygens (including phenoxy) is 3. The predicted octanol–water partition coefficient (Wildman–Crippen LogP) is -3.69. The van der Waals surface area contributed by atoms with Crippen LogP contribution < -0.4 is 0 Å². The van der Waals surface area contributed by atoms with Gasteiger partial charge in [0, 0.05) is 0 Å². The third-order valence-electron chi connectivity index (χ3n) is 4.68. The molecule has 10 atom stereocenters. The van der Waals surface area contributed by atoms with Crippen LogP contribution in [0.3, 0.4) is 0 Å². The molecule has 0 bridgehead atoms. The standard InChI is InChI=1S/C15H28O10/c1-5(2)14-12(21)10(19)9(18)7(24-14)4-23-15-13(22)11(20)8(17)6(3-16)25-15/h5-22H,3-4H2,1-2H3/t6?,7?,8-,9-,10?,11?,12-,13-,14-,15+/m1/s1. The number of hydrogen-bond acceptors (Lipinski definition) is 10. The SMILES string of the molecule is CC(C)[C@H]1OC(CO[C@H]2OC(CO)[C@@H](O)C(O)[C@H]2O)[C@@H](O)C(O)[C@H]1O. The molecule has 0 aromatic rings. The fourth-order valence-electron chi connectivity index (χ4n) is 3.06. The van der Waals surface area contributed by atoms with Crippen LogP contribution in [0.4, 0.5) is 0 Å². The second-order valence-corrected chi connectivity index (χ2v) is 6.89. The maximum atomic E-state index is 10.0. The first-order chi connectivity index (χ1) is 11.7. The van der Waals surface area contributed by atoms with Gasteiger partial charge in [0.1, 0.15) is 48.8 Å². The zero-order valence-electron chi connectivity index (χ0n) is 14.1. The highest BCUT2D eigenvalue weighted by atomic mass is 16.7. The average molecular weight is 368 g/mol. The molecule has 0 aromatic carbocycles. The first-order valence-corrected chi connectivity index (χ1v) is 8.30. The number of aliphatic hydroxyl groups is 7. The van der Waals surface area contributed by atoms with E-state index in [0.717, 1.165) is 0 Å². The Morgan fingerprint density at radius 2 is 1.32 bits per heavy atom. The number of aliphatic hydroxyl groups excluding tert-OH is 7. The summed E-state index contributed by atoms with van der Waals surface area (Å²) in [6.07, 6.45) is -13.0. The van der Waals surface area contributed by atoms with E-state index in [9.17, 15) is 30.6 Å². The summed E-state index contributed by atoms with van der Waals surface area (Å²) in [7, 11) is 0. The summed E-state index contributed by atoms with van der Waals surface area (Å²) >= 11 is 0. The molecule has 10 heteroatoms. The molecule has 2 aliphatic rings. The predicted molar refractivity (Wildman–Crippen MR) is 81.2 cm³/mol. The molecule has 2 saturated heterocycles. The molecule has 0 aromatic heterocycles. The van der Waals surface area contributed by atoms with E-state index in [1.807, 2.05) is 0 Å². The molecule has 25 heavy (non-hydrogen) atoms. The van der Waals surface area contributed by atoms with Gasteiger partial charge in [-0.2, -0.15) is 0 Å². The minimum Gasteiger partial charge on any atom is -0.394 e. The van der Waals surface area contributed by atoms with Crippen LogP contribution in [0.1, 0.15) is 13.8 Å². The van der Waals surface area contributed by atoms with Crippen molar-refractivity contribution in [3.05, 3.63) is 0 Å². The van der Waals surface area contributed by atoms with E-state index in [0.29, 0.717) is 0 Å². The lowest BCUT2D eigenvalue weighted by Gasteiger charge is -2.43. The highest BCUT2D eigenvalue weighted by Crippen LogP contribution is 2.27. The van der Waals surface area contributed by atoms with Crippen molar-refractivity contribution < 1.29 is 50.0 Å². The van der Waals surface area contributed by atoms with Gasteiger partial charge in [0.2, 0.25) is 0 Å². The number of rotatable bonds is 5. The molecule has 0 aliphatic carbocycles. The van der Waals surface area contributed by atoms with Crippen LogP contribution in [0, 0.1) is 5.92 Å². The van der Waals surface area contributed by atoms with Gasteiger partial charge in [0.15, 0.2) is 6.29 Å². The van der Waals surface area contributed by atoms with E-state index in [1.165, 1.54) is 0 Å². The maximum Gasteiger partial charge on any atom is 0.186 e. The van der Waals surface area contributed by atoms with Crippen molar-refractivity contribution in [3.8, 4) is 0 Å². The first-order valence-electron chi connectivity index (χ1n) is 8.30. The average Bonchev–Trinajstić information content (AvgIpc) is 2.58. The molecule has 2 fully saturated rings. The van der Waals surface area contributed by atoms with Crippen molar-refractivity contribution in [3.63, 3.8) is 0 Å². The Labute approximate surface area is 145 Å². The van der Waals surface area contributed by atoms with Crippen LogP contribution >= 0.6 is 0 Å². The van der Waals surface area contributed by atoms with Crippen molar-refractivity contribution in [2.45, 2.75) is 75.1 Å². The molecule has 0 radical (unpaired) electrons. The molecule has 0 amide bonds. The third kappa shape index (κ3) is 4.30. The largest absolute Gasteiger partial charge is 0.394 e. The fourth-order valence-corrected chi connectivity index (χ4v) is 3.06. The molecule has 148 valence electrons. The summed E-state index contributed by atoms with van der Waals surface area (Å²) < 4.78 is 16.1. The van der Waals surface area contributed by atoms with Crippen LogP contribution in [0.15, 0.2) is 0 Å². The maximum absolute atomic E-state index is 10.0. The molecule has 0 saturated carbocycles.